The van der Waals surface area contributed by atoms with E-state index < -0.39 is 9.84 Å². The average Bonchev–Trinajstić information content (AvgIpc) is 3.02. The van der Waals surface area contributed by atoms with Crippen LogP contribution >= 0.6 is 0 Å². The maximum atomic E-state index is 11.5. The van der Waals surface area contributed by atoms with Gasteiger partial charge in [-0.05, 0) is 18.1 Å². The first-order valence-corrected chi connectivity index (χ1v) is 9.47. The maximum absolute atomic E-state index is 11.5. The van der Waals surface area contributed by atoms with Crippen LogP contribution in [0.15, 0.2) is 24.3 Å². The van der Waals surface area contributed by atoms with Crippen LogP contribution in [0.1, 0.15) is 18.3 Å². The summed E-state index contributed by atoms with van der Waals surface area (Å²) < 4.78 is 28.7. The second kappa shape index (κ2) is 6.57. The highest BCUT2D eigenvalue weighted by atomic mass is 32.2. The third-order valence-corrected chi connectivity index (χ3v) is 5.47. The predicted molar refractivity (Wildman–Crippen MR) is 87.4 cm³/mol. The van der Waals surface area contributed by atoms with Gasteiger partial charge in [0, 0.05) is 13.1 Å². The Kier molecular flexibility index (Phi) is 4.51. The fourth-order valence-corrected chi connectivity index (χ4v) is 3.69. The maximum Gasteiger partial charge on any atom is 0.244 e. The number of aromatic amines is 1. The van der Waals surface area contributed by atoms with Crippen LogP contribution in [0.25, 0.3) is 0 Å². The Bertz CT molecular complexity index is 759. The standard InChI is InChI=1S/C15H20N4O3S/c1-2-12-5-3-4-6-13(12)22-11-14-16-15(18-17-14)19-7-9-23(20,21)10-8-19/h3-6H,2,7-11H2,1H3,(H,16,17,18). The van der Waals surface area contributed by atoms with Gasteiger partial charge in [0.1, 0.15) is 12.4 Å². The zero-order valence-corrected chi connectivity index (χ0v) is 13.8. The van der Waals surface area contributed by atoms with Gasteiger partial charge < -0.3 is 9.64 Å². The first-order valence-electron chi connectivity index (χ1n) is 7.65. The zero-order chi connectivity index (χ0) is 16.3. The molecule has 0 unspecified atom stereocenters. The molecule has 0 bridgehead atoms. The molecule has 1 aliphatic heterocycles. The fourth-order valence-electron chi connectivity index (χ4n) is 2.49. The number of anilines is 1. The van der Waals surface area contributed by atoms with Gasteiger partial charge >= 0.3 is 0 Å². The lowest BCUT2D eigenvalue weighted by Gasteiger charge is -2.25. The topological polar surface area (TPSA) is 88.2 Å². The van der Waals surface area contributed by atoms with Gasteiger partial charge in [0.15, 0.2) is 15.7 Å². The Hall–Kier alpha value is -2.09. The van der Waals surface area contributed by atoms with Crippen molar-refractivity contribution in [2.75, 3.05) is 29.5 Å². The van der Waals surface area contributed by atoms with Crippen molar-refractivity contribution in [1.29, 1.82) is 0 Å². The van der Waals surface area contributed by atoms with E-state index in [-0.39, 0.29) is 11.5 Å². The zero-order valence-electron chi connectivity index (χ0n) is 13.0. The minimum Gasteiger partial charge on any atom is -0.485 e. The molecular weight excluding hydrogens is 316 g/mol. The van der Waals surface area contributed by atoms with Crippen LogP contribution in [0.4, 0.5) is 5.95 Å². The largest absolute Gasteiger partial charge is 0.485 e. The van der Waals surface area contributed by atoms with Crippen LogP contribution < -0.4 is 9.64 Å². The summed E-state index contributed by atoms with van der Waals surface area (Å²) in [7, 11) is -2.90. The Balaban J connectivity index is 1.62. The minimum atomic E-state index is -2.90. The van der Waals surface area contributed by atoms with Crippen molar-refractivity contribution >= 4 is 15.8 Å². The van der Waals surface area contributed by atoms with Crippen molar-refractivity contribution < 1.29 is 13.2 Å². The van der Waals surface area contributed by atoms with E-state index in [9.17, 15) is 8.42 Å². The number of hydrogen-bond donors (Lipinski definition) is 1. The van der Waals surface area contributed by atoms with Gasteiger partial charge in [-0.15, -0.1) is 5.10 Å². The van der Waals surface area contributed by atoms with Crippen LogP contribution in [0.5, 0.6) is 5.75 Å². The number of rotatable bonds is 5. The van der Waals surface area contributed by atoms with E-state index in [2.05, 4.69) is 22.1 Å². The normalized spacial score (nSPS) is 17.2. The molecule has 0 spiro atoms. The van der Waals surface area contributed by atoms with Gasteiger partial charge in [-0.3, -0.25) is 5.10 Å². The Morgan fingerprint density at radius 2 is 2.00 bits per heavy atom. The molecule has 0 saturated carbocycles. The number of hydrogen-bond acceptors (Lipinski definition) is 6. The average molecular weight is 336 g/mol. The van der Waals surface area contributed by atoms with Crippen LogP contribution in [0, 0.1) is 0 Å². The van der Waals surface area contributed by atoms with E-state index in [1.807, 2.05) is 29.2 Å². The smallest absolute Gasteiger partial charge is 0.244 e. The van der Waals surface area contributed by atoms with Crippen LogP contribution in [-0.4, -0.2) is 48.2 Å². The molecule has 7 nitrogen and oxygen atoms in total. The van der Waals surface area contributed by atoms with Crippen LogP contribution in [0.3, 0.4) is 0 Å². The molecule has 3 rings (SSSR count). The van der Waals surface area contributed by atoms with E-state index in [1.54, 1.807) is 0 Å². The summed E-state index contributed by atoms with van der Waals surface area (Å²) in [4.78, 5) is 6.27. The quantitative estimate of drug-likeness (QED) is 0.882. The SMILES string of the molecule is CCc1ccccc1OCc1nc(N2CCS(=O)(=O)CC2)n[nH]1. The molecule has 0 amide bonds. The van der Waals surface area contributed by atoms with E-state index in [0.717, 1.165) is 17.7 Å². The number of nitrogens with one attached hydrogen (secondary N) is 1. The summed E-state index contributed by atoms with van der Waals surface area (Å²) in [6, 6.07) is 7.90. The third-order valence-electron chi connectivity index (χ3n) is 3.87. The molecule has 1 aliphatic rings. The number of benzene rings is 1. The summed E-state index contributed by atoms with van der Waals surface area (Å²) in [5.41, 5.74) is 1.15. The highest BCUT2D eigenvalue weighted by Crippen LogP contribution is 2.19. The molecular formula is C15H20N4O3S. The van der Waals surface area contributed by atoms with E-state index in [4.69, 9.17) is 4.74 Å². The summed E-state index contributed by atoms with van der Waals surface area (Å²) in [6.07, 6.45) is 0.903. The highest BCUT2D eigenvalue weighted by molar-refractivity contribution is 7.91. The van der Waals surface area contributed by atoms with Crippen LogP contribution in [0.2, 0.25) is 0 Å². The summed E-state index contributed by atoms with van der Waals surface area (Å²) in [5, 5.41) is 7.01. The van der Waals surface area contributed by atoms with E-state index in [1.165, 1.54) is 0 Å². The molecule has 8 heteroatoms. The number of ether oxygens (including phenoxy) is 1. The second-order valence-corrected chi connectivity index (χ2v) is 7.77. The van der Waals surface area contributed by atoms with Gasteiger partial charge in [0.2, 0.25) is 5.95 Å². The first-order chi connectivity index (χ1) is 11.1. The lowest BCUT2D eigenvalue weighted by molar-refractivity contribution is 0.293. The van der Waals surface area contributed by atoms with Crippen molar-refractivity contribution in [1.82, 2.24) is 15.2 Å². The molecule has 0 atom stereocenters. The number of sulfone groups is 1. The van der Waals surface area contributed by atoms with Gasteiger partial charge in [-0.25, -0.2) is 8.42 Å². The molecule has 0 radical (unpaired) electrons. The molecule has 23 heavy (non-hydrogen) atoms. The van der Waals surface area contributed by atoms with Crippen molar-refractivity contribution in [3.8, 4) is 5.75 Å². The lowest BCUT2D eigenvalue weighted by atomic mass is 10.1. The summed E-state index contributed by atoms with van der Waals surface area (Å²) in [5.74, 6) is 2.30. The second-order valence-electron chi connectivity index (χ2n) is 5.47. The summed E-state index contributed by atoms with van der Waals surface area (Å²) in [6.45, 7) is 3.24. The van der Waals surface area contributed by atoms with Crippen molar-refractivity contribution in [3.63, 3.8) is 0 Å². The highest BCUT2D eigenvalue weighted by Gasteiger charge is 2.24. The monoisotopic (exact) mass is 336 g/mol. The number of aromatic nitrogens is 3. The molecule has 124 valence electrons. The number of H-pyrrole nitrogens is 1. The van der Waals surface area contributed by atoms with Crippen molar-refractivity contribution in [2.45, 2.75) is 20.0 Å². The molecule has 0 aliphatic carbocycles. The van der Waals surface area contributed by atoms with Gasteiger partial charge in [-0.2, -0.15) is 4.98 Å². The summed E-state index contributed by atoms with van der Waals surface area (Å²) >= 11 is 0. The Morgan fingerprint density at radius 3 is 2.74 bits per heavy atom. The van der Waals surface area contributed by atoms with Crippen LogP contribution in [-0.2, 0) is 22.9 Å². The number of nitrogens with zero attached hydrogens (tertiary/aromatic N) is 3. The minimum absolute atomic E-state index is 0.150. The third kappa shape index (κ3) is 3.82. The van der Waals surface area contributed by atoms with Crippen molar-refractivity contribution in [3.05, 3.63) is 35.7 Å². The molecule has 1 fully saturated rings. The van der Waals surface area contributed by atoms with Gasteiger partial charge in [0.25, 0.3) is 0 Å². The molecule has 1 aromatic carbocycles. The Morgan fingerprint density at radius 1 is 1.26 bits per heavy atom. The molecule has 2 heterocycles. The molecule has 2 aromatic rings. The molecule has 1 N–H and O–H groups in total. The molecule has 1 aromatic heterocycles. The first kappa shape index (κ1) is 15.8. The van der Waals surface area contributed by atoms with E-state index >= 15 is 0 Å². The fraction of sp³-hybridized carbons (Fsp3) is 0.467. The van der Waals surface area contributed by atoms with Gasteiger partial charge in [0.05, 0.1) is 11.5 Å². The van der Waals surface area contributed by atoms with E-state index in [0.29, 0.717) is 31.5 Å². The van der Waals surface area contributed by atoms with Crippen molar-refractivity contribution in [2.24, 2.45) is 0 Å². The van der Waals surface area contributed by atoms with Gasteiger partial charge in [-0.1, -0.05) is 25.1 Å². The number of aryl methyl sites for hydroxylation is 1. The lowest BCUT2D eigenvalue weighted by Crippen LogP contribution is -2.40. The molecule has 1 saturated heterocycles. The predicted octanol–water partition coefficient (Wildman–Crippen LogP) is 1.18. The Labute approximate surface area is 135 Å². The number of para-hydroxylation sites is 1.